The van der Waals surface area contributed by atoms with Crippen LogP contribution in [-0.2, 0) is 9.84 Å². The molecule has 1 unspecified atom stereocenters. The number of aliphatic hydroxyl groups excluding tert-OH is 1. The van der Waals surface area contributed by atoms with Crippen molar-refractivity contribution in [3.05, 3.63) is 18.2 Å². The van der Waals surface area contributed by atoms with Crippen LogP contribution in [0.2, 0.25) is 0 Å². The summed E-state index contributed by atoms with van der Waals surface area (Å²) >= 11 is 0. The average molecular weight is 258 g/mol. The van der Waals surface area contributed by atoms with Crippen LogP contribution in [-0.4, -0.2) is 39.5 Å². The lowest BCUT2D eigenvalue weighted by Gasteiger charge is -2.23. The molecule has 1 aromatic rings. The van der Waals surface area contributed by atoms with E-state index < -0.39 is 15.9 Å². The molecule has 0 aromatic heterocycles. The number of likely N-dealkylation sites (N-methyl/N-ethyl adjacent to an activating group) is 1. The van der Waals surface area contributed by atoms with Gasteiger partial charge in [0.05, 0.1) is 22.4 Å². The Morgan fingerprint density at radius 1 is 1.47 bits per heavy atom. The highest BCUT2D eigenvalue weighted by molar-refractivity contribution is 7.90. The van der Waals surface area contributed by atoms with E-state index in [1.165, 1.54) is 6.07 Å². The molecule has 0 aliphatic rings. The first kappa shape index (κ1) is 13.8. The smallest absolute Gasteiger partial charge is 0.177 e. The minimum absolute atomic E-state index is 0.118. The number of para-hydroxylation sites is 1. The summed E-state index contributed by atoms with van der Waals surface area (Å²) in [5, 5.41) is 9.30. The van der Waals surface area contributed by atoms with Crippen molar-refractivity contribution < 1.29 is 13.5 Å². The Labute approximate surface area is 102 Å². The predicted octanol–water partition coefficient (Wildman–Crippen LogP) is 0.489. The van der Waals surface area contributed by atoms with Gasteiger partial charge >= 0.3 is 0 Å². The first-order valence-electron chi connectivity index (χ1n) is 5.21. The van der Waals surface area contributed by atoms with Crippen molar-refractivity contribution in [2.75, 3.05) is 30.5 Å². The maximum atomic E-state index is 11.5. The van der Waals surface area contributed by atoms with Crippen LogP contribution in [0, 0.1) is 0 Å². The monoisotopic (exact) mass is 258 g/mol. The van der Waals surface area contributed by atoms with E-state index in [1.54, 1.807) is 31.0 Å². The van der Waals surface area contributed by atoms with E-state index in [1.807, 2.05) is 0 Å². The number of anilines is 2. The Morgan fingerprint density at radius 3 is 2.53 bits per heavy atom. The maximum absolute atomic E-state index is 11.5. The number of hydrogen-bond acceptors (Lipinski definition) is 5. The number of aliphatic hydroxyl groups is 1. The second-order valence-corrected chi connectivity index (χ2v) is 6.17. The number of nitrogens with zero attached hydrogens (tertiary/aromatic N) is 1. The van der Waals surface area contributed by atoms with E-state index in [4.69, 9.17) is 5.73 Å². The van der Waals surface area contributed by atoms with Gasteiger partial charge in [-0.25, -0.2) is 8.42 Å². The molecule has 0 aliphatic heterocycles. The molecular formula is C11H18N2O3S. The highest BCUT2D eigenvalue weighted by Gasteiger charge is 2.16. The number of sulfone groups is 1. The van der Waals surface area contributed by atoms with Gasteiger partial charge in [-0.1, -0.05) is 6.07 Å². The van der Waals surface area contributed by atoms with Crippen molar-refractivity contribution in [3.63, 3.8) is 0 Å². The van der Waals surface area contributed by atoms with Crippen LogP contribution in [0.4, 0.5) is 11.4 Å². The maximum Gasteiger partial charge on any atom is 0.177 e. The molecular weight excluding hydrogens is 240 g/mol. The molecule has 0 saturated heterocycles. The van der Waals surface area contributed by atoms with Crippen LogP contribution in [0.3, 0.4) is 0 Å². The fourth-order valence-electron chi connectivity index (χ4n) is 1.68. The molecule has 0 aliphatic carbocycles. The second-order valence-electron chi connectivity index (χ2n) is 4.19. The van der Waals surface area contributed by atoms with Crippen molar-refractivity contribution in [2.24, 2.45) is 0 Å². The standard InChI is InChI=1S/C11H18N2O3S/c1-8(14)7-13(2)9-5-4-6-10(11(9)12)17(3,15)16/h4-6,8,14H,7,12H2,1-3H3. The summed E-state index contributed by atoms with van der Waals surface area (Å²) in [6.45, 7) is 2.05. The van der Waals surface area contributed by atoms with E-state index in [0.29, 0.717) is 12.2 Å². The minimum Gasteiger partial charge on any atom is -0.396 e. The number of benzene rings is 1. The lowest BCUT2D eigenvalue weighted by atomic mass is 10.2. The van der Waals surface area contributed by atoms with Gasteiger partial charge in [0.15, 0.2) is 9.84 Å². The molecule has 0 bridgehead atoms. The van der Waals surface area contributed by atoms with Gasteiger partial charge in [-0.05, 0) is 19.1 Å². The minimum atomic E-state index is -3.33. The molecule has 0 heterocycles. The van der Waals surface area contributed by atoms with Gasteiger partial charge in [-0.15, -0.1) is 0 Å². The fourth-order valence-corrected chi connectivity index (χ4v) is 2.51. The lowest BCUT2D eigenvalue weighted by Crippen LogP contribution is -2.27. The van der Waals surface area contributed by atoms with Crippen LogP contribution in [0.15, 0.2) is 23.1 Å². The van der Waals surface area contributed by atoms with Gasteiger partial charge in [-0.2, -0.15) is 0 Å². The predicted molar refractivity (Wildman–Crippen MR) is 68.9 cm³/mol. The van der Waals surface area contributed by atoms with Gasteiger partial charge in [0.25, 0.3) is 0 Å². The van der Waals surface area contributed by atoms with Crippen molar-refractivity contribution in [1.29, 1.82) is 0 Å². The normalized spacial score (nSPS) is 13.4. The van der Waals surface area contributed by atoms with Gasteiger partial charge in [0.2, 0.25) is 0 Å². The van der Waals surface area contributed by atoms with E-state index >= 15 is 0 Å². The fraction of sp³-hybridized carbons (Fsp3) is 0.455. The largest absolute Gasteiger partial charge is 0.396 e. The summed E-state index contributed by atoms with van der Waals surface area (Å²) in [7, 11) is -1.58. The second kappa shape index (κ2) is 4.93. The molecule has 6 heteroatoms. The summed E-state index contributed by atoms with van der Waals surface area (Å²) < 4.78 is 23.0. The highest BCUT2D eigenvalue weighted by atomic mass is 32.2. The molecule has 5 nitrogen and oxygen atoms in total. The van der Waals surface area contributed by atoms with Crippen LogP contribution in [0.1, 0.15) is 6.92 Å². The Morgan fingerprint density at radius 2 is 2.06 bits per heavy atom. The molecule has 0 amide bonds. The molecule has 0 spiro atoms. The zero-order chi connectivity index (χ0) is 13.2. The third-order valence-electron chi connectivity index (χ3n) is 2.39. The molecule has 96 valence electrons. The third-order valence-corrected chi connectivity index (χ3v) is 3.55. The summed E-state index contributed by atoms with van der Waals surface area (Å²) in [5.74, 6) is 0. The number of nitrogen functional groups attached to an aromatic ring is 1. The molecule has 17 heavy (non-hydrogen) atoms. The van der Waals surface area contributed by atoms with Crippen molar-refractivity contribution in [1.82, 2.24) is 0 Å². The summed E-state index contributed by atoms with van der Waals surface area (Å²) in [6.07, 6.45) is 0.609. The molecule has 3 N–H and O–H groups in total. The van der Waals surface area contributed by atoms with Crippen molar-refractivity contribution >= 4 is 21.2 Å². The van der Waals surface area contributed by atoms with E-state index in [0.717, 1.165) is 6.26 Å². The first-order valence-corrected chi connectivity index (χ1v) is 7.10. The van der Waals surface area contributed by atoms with Crippen LogP contribution < -0.4 is 10.6 Å². The van der Waals surface area contributed by atoms with Crippen molar-refractivity contribution in [3.8, 4) is 0 Å². The lowest BCUT2D eigenvalue weighted by molar-refractivity contribution is 0.201. The van der Waals surface area contributed by atoms with E-state index in [2.05, 4.69) is 0 Å². The Hall–Kier alpha value is -1.27. The van der Waals surface area contributed by atoms with Gasteiger partial charge in [-0.3, -0.25) is 0 Å². The quantitative estimate of drug-likeness (QED) is 0.768. The van der Waals surface area contributed by atoms with Gasteiger partial charge < -0.3 is 15.7 Å². The Balaban J connectivity index is 3.20. The van der Waals surface area contributed by atoms with E-state index in [9.17, 15) is 13.5 Å². The molecule has 0 saturated carbocycles. The number of nitrogens with two attached hydrogens (primary N) is 1. The van der Waals surface area contributed by atoms with Crippen LogP contribution in [0.25, 0.3) is 0 Å². The topological polar surface area (TPSA) is 83.6 Å². The highest BCUT2D eigenvalue weighted by Crippen LogP contribution is 2.28. The number of rotatable bonds is 4. The average Bonchev–Trinajstić information content (AvgIpc) is 2.14. The molecule has 1 atom stereocenters. The molecule has 0 radical (unpaired) electrons. The molecule has 1 rings (SSSR count). The molecule has 1 aromatic carbocycles. The Kier molecular flexibility index (Phi) is 4.00. The summed E-state index contributed by atoms with van der Waals surface area (Å²) in [4.78, 5) is 1.85. The summed E-state index contributed by atoms with van der Waals surface area (Å²) in [6, 6.07) is 4.84. The number of hydrogen-bond donors (Lipinski definition) is 2. The van der Waals surface area contributed by atoms with E-state index in [-0.39, 0.29) is 10.6 Å². The first-order chi connectivity index (χ1) is 7.73. The zero-order valence-corrected chi connectivity index (χ0v) is 11.0. The SMILES string of the molecule is CC(O)CN(C)c1cccc(S(C)(=O)=O)c1N. The Bertz CT molecular complexity index is 497. The van der Waals surface area contributed by atoms with Gasteiger partial charge in [0.1, 0.15) is 0 Å². The van der Waals surface area contributed by atoms with Crippen LogP contribution >= 0.6 is 0 Å². The molecule has 0 fully saturated rings. The zero-order valence-electron chi connectivity index (χ0n) is 10.2. The summed E-state index contributed by atoms with van der Waals surface area (Å²) in [5.41, 5.74) is 6.67. The van der Waals surface area contributed by atoms with Crippen LogP contribution in [0.5, 0.6) is 0 Å². The van der Waals surface area contributed by atoms with Gasteiger partial charge in [0, 0.05) is 19.8 Å². The third kappa shape index (κ3) is 3.34. The van der Waals surface area contributed by atoms with Crippen molar-refractivity contribution in [2.45, 2.75) is 17.9 Å².